The zero-order valence-corrected chi connectivity index (χ0v) is 14.0. The topological polar surface area (TPSA) is 24.9 Å². The summed E-state index contributed by atoms with van der Waals surface area (Å²) in [7, 11) is 0. The van der Waals surface area contributed by atoms with Crippen molar-refractivity contribution in [2.75, 3.05) is 6.54 Å². The molecule has 0 aliphatic carbocycles. The van der Waals surface area contributed by atoms with Crippen molar-refractivity contribution in [3.8, 4) is 0 Å². The first-order valence-corrected chi connectivity index (χ1v) is 8.92. The molecule has 0 fully saturated rings. The Morgan fingerprint density at radius 2 is 2.25 bits per heavy atom. The molecule has 1 heterocycles. The van der Waals surface area contributed by atoms with Crippen LogP contribution in [0.2, 0.25) is 0 Å². The maximum Gasteiger partial charge on any atom is 0.0897 e. The molecule has 0 spiro atoms. The second-order valence-electron chi connectivity index (χ2n) is 4.89. The molecule has 1 unspecified atom stereocenters. The summed E-state index contributed by atoms with van der Waals surface area (Å²) in [5.41, 5.74) is 2.54. The molecule has 0 aliphatic heterocycles. The number of nitrogens with one attached hydrogen (secondary N) is 1. The minimum atomic E-state index is 0.414. The molecule has 2 aromatic rings. The van der Waals surface area contributed by atoms with Crippen molar-refractivity contribution in [2.24, 2.45) is 0 Å². The lowest BCUT2D eigenvalue weighted by Crippen LogP contribution is -2.19. The molecular formula is C16H22N2S2. The van der Waals surface area contributed by atoms with E-state index in [2.05, 4.69) is 60.7 Å². The van der Waals surface area contributed by atoms with E-state index >= 15 is 0 Å². The molecule has 2 rings (SSSR count). The van der Waals surface area contributed by atoms with Crippen LogP contribution < -0.4 is 5.32 Å². The molecule has 0 aliphatic rings. The van der Waals surface area contributed by atoms with Crippen molar-refractivity contribution in [3.63, 3.8) is 0 Å². The van der Waals surface area contributed by atoms with E-state index in [-0.39, 0.29) is 0 Å². The molecule has 0 bridgehead atoms. The van der Waals surface area contributed by atoms with Gasteiger partial charge in [-0.2, -0.15) is 0 Å². The van der Waals surface area contributed by atoms with Gasteiger partial charge in [0.15, 0.2) is 0 Å². The minimum absolute atomic E-state index is 0.414. The molecule has 1 aromatic heterocycles. The van der Waals surface area contributed by atoms with Crippen LogP contribution in [0.5, 0.6) is 0 Å². The average molecular weight is 306 g/mol. The summed E-state index contributed by atoms with van der Waals surface area (Å²) < 4.78 is 0. The molecule has 20 heavy (non-hydrogen) atoms. The van der Waals surface area contributed by atoms with Gasteiger partial charge in [-0.25, -0.2) is 4.98 Å². The Balaban J connectivity index is 1.95. The van der Waals surface area contributed by atoms with Crippen molar-refractivity contribution in [1.29, 1.82) is 0 Å². The van der Waals surface area contributed by atoms with Gasteiger partial charge in [0.25, 0.3) is 0 Å². The first kappa shape index (κ1) is 15.5. The summed E-state index contributed by atoms with van der Waals surface area (Å²) in [5, 5.41) is 6.83. The summed E-state index contributed by atoms with van der Waals surface area (Å²) in [4.78, 5) is 5.83. The van der Waals surface area contributed by atoms with Gasteiger partial charge in [-0.3, -0.25) is 0 Å². The fourth-order valence-corrected chi connectivity index (χ4v) is 3.56. The second kappa shape index (κ2) is 7.81. The molecular weight excluding hydrogens is 284 g/mol. The zero-order valence-electron chi connectivity index (χ0n) is 12.3. The maximum atomic E-state index is 4.51. The fraction of sp³-hybridized carbons (Fsp3) is 0.438. The highest BCUT2D eigenvalue weighted by Gasteiger charge is 2.06. The number of hydrogen-bond acceptors (Lipinski definition) is 4. The number of rotatable bonds is 7. The van der Waals surface area contributed by atoms with Crippen LogP contribution >= 0.6 is 23.1 Å². The Morgan fingerprint density at radius 1 is 1.40 bits per heavy atom. The van der Waals surface area contributed by atoms with Crippen LogP contribution in [-0.4, -0.2) is 11.5 Å². The van der Waals surface area contributed by atoms with E-state index in [1.54, 1.807) is 11.3 Å². The van der Waals surface area contributed by atoms with E-state index in [0.29, 0.717) is 6.04 Å². The Kier molecular flexibility index (Phi) is 6.07. The van der Waals surface area contributed by atoms with Gasteiger partial charge in [0.05, 0.1) is 10.7 Å². The molecule has 2 nitrogen and oxygen atoms in total. The van der Waals surface area contributed by atoms with Gasteiger partial charge in [0, 0.05) is 22.1 Å². The van der Waals surface area contributed by atoms with Crippen molar-refractivity contribution < 1.29 is 0 Å². The second-order valence-corrected chi connectivity index (χ2v) is 7.01. The van der Waals surface area contributed by atoms with Gasteiger partial charge in [-0.15, -0.1) is 23.1 Å². The van der Waals surface area contributed by atoms with Gasteiger partial charge in [0.2, 0.25) is 0 Å². The summed E-state index contributed by atoms with van der Waals surface area (Å²) in [6.07, 6.45) is 1.17. The van der Waals surface area contributed by atoms with Crippen LogP contribution in [0.25, 0.3) is 0 Å². The Bertz CT molecular complexity index is 537. The highest BCUT2D eigenvalue weighted by Crippen LogP contribution is 2.26. The van der Waals surface area contributed by atoms with E-state index in [9.17, 15) is 0 Å². The maximum absolute atomic E-state index is 4.51. The molecule has 1 atom stereocenters. The summed E-state index contributed by atoms with van der Waals surface area (Å²) >= 11 is 3.58. The molecule has 0 radical (unpaired) electrons. The number of benzene rings is 1. The SMILES string of the molecule is CCCNC(C)c1cccc(SCc2csc(C)n2)c1. The first-order chi connectivity index (χ1) is 9.69. The van der Waals surface area contributed by atoms with Crippen LogP contribution in [0, 0.1) is 6.92 Å². The van der Waals surface area contributed by atoms with Gasteiger partial charge in [-0.1, -0.05) is 19.1 Å². The molecule has 108 valence electrons. The van der Waals surface area contributed by atoms with Crippen LogP contribution in [0.15, 0.2) is 34.5 Å². The lowest BCUT2D eigenvalue weighted by Gasteiger charge is -2.14. The van der Waals surface area contributed by atoms with E-state index in [1.807, 2.05) is 11.8 Å². The molecule has 0 saturated heterocycles. The third-order valence-electron chi connectivity index (χ3n) is 3.11. The van der Waals surface area contributed by atoms with E-state index in [1.165, 1.54) is 22.6 Å². The highest BCUT2D eigenvalue weighted by molar-refractivity contribution is 7.98. The third-order valence-corrected chi connectivity index (χ3v) is 4.96. The van der Waals surface area contributed by atoms with Gasteiger partial charge < -0.3 is 5.32 Å². The standard InChI is InChI=1S/C16H22N2S2/c1-4-8-17-12(2)14-6-5-7-16(9-14)20-11-15-10-19-13(3)18-15/h5-7,9-10,12,17H,4,8,11H2,1-3H3. The van der Waals surface area contributed by atoms with Crippen LogP contribution in [0.3, 0.4) is 0 Å². The fourth-order valence-electron chi connectivity index (χ4n) is 1.98. The minimum Gasteiger partial charge on any atom is -0.310 e. The number of aryl methyl sites for hydroxylation is 1. The molecule has 0 saturated carbocycles. The van der Waals surface area contributed by atoms with Crippen LogP contribution in [-0.2, 0) is 5.75 Å². The van der Waals surface area contributed by atoms with Gasteiger partial charge >= 0.3 is 0 Å². The number of thiazole rings is 1. The summed E-state index contributed by atoms with van der Waals surface area (Å²) in [6, 6.07) is 9.23. The van der Waals surface area contributed by atoms with E-state index in [4.69, 9.17) is 0 Å². The van der Waals surface area contributed by atoms with Gasteiger partial charge in [0.1, 0.15) is 0 Å². The summed E-state index contributed by atoms with van der Waals surface area (Å²) in [5.74, 6) is 0.949. The predicted molar refractivity (Wildman–Crippen MR) is 89.6 cm³/mol. The third kappa shape index (κ3) is 4.62. The smallest absolute Gasteiger partial charge is 0.0897 e. The quantitative estimate of drug-likeness (QED) is 0.743. The zero-order chi connectivity index (χ0) is 14.4. The first-order valence-electron chi connectivity index (χ1n) is 7.06. The van der Waals surface area contributed by atoms with Gasteiger partial charge in [-0.05, 0) is 44.5 Å². The van der Waals surface area contributed by atoms with E-state index < -0.39 is 0 Å². The highest BCUT2D eigenvalue weighted by atomic mass is 32.2. The Hall–Kier alpha value is -0.840. The monoisotopic (exact) mass is 306 g/mol. The predicted octanol–water partition coefficient (Wildman–Crippen LogP) is 4.80. The molecule has 1 aromatic carbocycles. The number of nitrogens with zero attached hydrogens (tertiary/aromatic N) is 1. The summed E-state index contributed by atoms with van der Waals surface area (Å²) in [6.45, 7) is 7.54. The lowest BCUT2D eigenvalue weighted by atomic mass is 10.1. The van der Waals surface area contributed by atoms with E-state index in [0.717, 1.165) is 17.3 Å². The molecule has 1 N–H and O–H groups in total. The number of thioether (sulfide) groups is 1. The van der Waals surface area contributed by atoms with Crippen molar-refractivity contribution in [3.05, 3.63) is 45.9 Å². The van der Waals surface area contributed by atoms with Crippen LogP contribution in [0.1, 0.15) is 42.6 Å². The number of aromatic nitrogens is 1. The Morgan fingerprint density at radius 3 is 2.95 bits per heavy atom. The molecule has 0 amide bonds. The van der Waals surface area contributed by atoms with Crippen molar-refractivity contribution in [1.82, 2.24) is 10.3 Å². The normalized spacial score (nSPS) is 12.6. The number of hydrogen-bond donors (Lipinski definition) is 1. The van der Waals surface area contributed by atoms with Crippen molar-refractivity contribution >= 4 is 23.1 Å². The lowest BCUT2D eigenvalue weighted by molar-refractivity contribution is 0.570. The van der Waals surface area contributed by atoms with Crippen LogP contribution in [0.4, 0.5) is 0 Å². The average Bonchev–Trinajstić information content (AvgIpc) is 2.88. The largest absolute Gasteiger partial charge is 0.310 e. The molecule has 4 heteroatoms. The Labute approximate surface area is 130 Å². The van der Waals surface area contributed by atoms with Crippen molar-refractivity contribution in [2.45, 2.75) is 43.9 Å².